The van der Waals surface area contributed by atoms with Crippen LogP contribution in [-0.2, 0) is 20.2 Å². The number of hydrogen-bond donors (Lipinski definition) is 1. The average molecular weight is 361 g/mol. The van der Waals surface area contributed by atoms with Crippen molar-refractivity contribution in [3.63, 3.8) is 0 Å². The number of nitrogens with one attached hydrogen (secondary N) is 1. The molecule has 1 unspecified atom stereocenters. The van der Waals surface area contributed by atoms with Crippen molar-refractivity contribution >= 4 is 15.7 Å². The number of benzene rings is 2. The van der Waals surface area contributed by atoms with Gasteiger partial charge in [-0.25, -0.2) is 8.42 Å². The van der Waals surface area contributed by atoms with Crippen molar-refractivity contribution in [1.29, 1.82) is 0 Å². The SMILES string of the molecule is CC(C)(C)c1ccc(S(=O)(=O)Nc2ccccc2OCC2CO2)cc1. The highest BCUT2D eigenvalue weighted by Crippen LogP contribution is 2.28. The molecule has 134 valence electrons. The van der Waals surface area contributed by atoms with Gasteiger partial charge in [0.1, 0.15) is 18.5 Å². The fourth-order valence-electron chi connectivity index (χ4n) is 2.36. The summed E-state index contributed by atoms with van der Waals surface area (Å²) < 4.78 is 38.7. The van der Waals surface area contributed by atoms with Gasteiger partial charge in [0.15, 0.2) is 0 Å². The van der Waals surface area contributed by atoms with Crippen molar-refractivity contribution in [2.75, 3.05) is 17.9 Å². The Hall–Kier alpha value is -2.05. The van der Waals surface area contributed by atoms with E-state index in [0.717, 1.165) is 5.56 Å². The van der Waals surface area contributed by atoms with Gasteiger partial charge in [-0.05, 0) is 35.2 Å². The largest absolute Gasteiger partial charge is 0.489 e. The number of epoxide rings is 1. The first-order chi connectivity index (χ1) is 11.8. The van der Waals surface area contributed by atoms with Crippen LogP contribution < -0.4 is 9.46 Å². The molecule has 1 atom stereocenters. The van der Waals surface area contributed by atoms with Crippen molar-refractivity contribution in [2.24, 2.45) is 0 Å². The van der Waals surface area contributed by atoms with E-state index in [1.807, 2.05) is 12.1 Å². The molecule has 0 amide bonds. The van der Waals surface area contributed by atoms with Gasteiger partial charge >= 0.3 is 0 Å². The summed E-state index contributed by atoms with van der Waals surface area (Å²) in [5, 5.41) is 0. The third kappa shape index (κ3) is 4.52. The van der Waals surface area contributed by atoms with E-state index < -0.39 is 10.0 Å². The normalized spacial score (nSPS) is 17.2. The molecule has 2 aromatic rings. The summed E-state index contributed by atoms with van der Waals surface area (Å²) in [5.74, 6) is 0.493. The second-order valence-electron chi connectivity index (χ2n) is 7.14. The van der Waals surface area contributed by atoms with E-state index >= 15 is 0 Å². The van der Waals surface area contributed by atoms with Crippen LogP contribution in [0.15, 0.2) is 53.4 Å². The van der Waals surface area contributed by atoms with Crippen molar-refractivity contribution in [2.45, 2.75) is 37.2 Å². The van der Waals surface area contributed by atoms with Crippen molar-refractivity contribution in [3.8, 4) is 5.75 Å². The van der Waals surface area contributed by atoms with Gasteiger partial charge in [-0.1, -0.05) is 45.0 Å². The molecule has 6 heteroatoms. The van der Waals surface area contributed by atoms with E-state index in [0.29, 0.717) is 24.7 Å². The topological polar surface area (TPSA) is 67.9 Å². The zero-order valence-electron chi connectivity index (χ0n) is 14.7. The molecule has 25 heavy (non-hydrogen) atoms. The molecule has 1 N–H and O–H groups in total. The minimum Gasteiger partial charge on any atom is -0.489 e. The molecule has 1 saturated heterocycles. The van der Waals surface area contributed by atoms with E-state index in [9.17, 15) is 8.42 Å². The monoisotopic (exact) mass is 361 g/mol. The molecular weight excluding hydrogens is 338 g/mol. The van der Waals surface area contributed by atoms with Crippen LogP contribution in [0.4, 0.5) is 5.69 Å². The van der Waals surface area contributed by atoms with Crippen LogP contribution in [0, 0.1) is 0 Å². The summed E-state index contributed by atoms with van der Waals surface area (Å²) in [4.78, 5) is 0.223. The summed E-state index contributed by atoms with van der Waals surface area (Å²) in [5.41, 5.74) is 1.48. The molecule has 1 aliphatic heterocycles. The van der Waals surface area contributed by atoms with E-state index in [4.69, 9.17) is 9.47 Å². The molecule has 0 spiro atoms. The number of hydrogen-bond acceptors (Lipinski definition) is 4. The Morgan fingerprint density at radius 2 is 1.76 bits per heavy atom. The van der Waals surface area contributed by atoms with Gasteiger partial charge in [0.25, 0.3) is 10.0 Å². The Labute approximate surface area is 149 Å². The van der Waals surface area contributed by atoms with Crippen LogP contribution in [0.5, 0.6) is 5.75 Å². The lowest BCUT2D eigenvalue weighted by Crippen LogP contribution is -2.16. The van der Waals surface area contributed by atoms with Crippen molar-refractivity contribution < 1.29 is 17.9 Å². The van der Waals surface area contributed by atoms with E-state index in [-0.39, 0.29) is 16.4 Å². The minimum absolute atomic E-state index is 0.0267. The number of sulfonamides is 1. The highest BCUT2D eigenvalue weighted by molar-refractivity contribution is 7.92. The van der Waals surface area contributed by atoms with Gasteiger partial charge in [0.05, 0.1) is 17.2 Å². The van der Waals surface area contributed by atoms with E-state index in [1.165, 1.54) is 0 Å². The Morgan fingerprint density at radius 1 is 1.12 bits per heavy atom. The number of anilines is 1. The first kappa shape index (κ1) is 17.8. The second kappa shape index (κ2) is 6.69. The average Bonchev–Trinajstić information content (AvgIpc) is 3.37. The van der Waals surface area contributed by atoms with Gasteiger partial charge in [-0.2, -0.15) is 0 Å². The minimum atomic E-state index is -3.68. The molecule has 0 bridgehead atoms. The molecule has 0 radical (unpaired) electrons. The van der Waals surface area contributed by atoms with Gasteiger partial charge in [-0.3, -0.25) is 4.72 Å². The van der Waals surface area contributed by atoms with Gasteiger partial charge in [0, 0.05) is 0 Å². The Morgan fingerprint density at radius 3 is 2.36 bits per heavy atom. The van der Waals surface area contributed by atoms with E-state index in [1.54, 1.807) is 36.4 Å². The molecule has 1 fully saturated rings. The summed E-state index contributed by atoms with van der Waals surface area (Å²) in [6.07, 6.45) is 0.106. The van der Waals surface area contributed by atoms with Gasteiger partial charge in [0.2, 0.25) is 0 Å². The standard InChI is InChI=1S/C19H23NO4S/c1-19(2,3)14-8-10-16(11-9-14)25(21,22)20-17-6-4-5-7-18(17)24-13-15-12-23-15/h4-11,15,20H,12-13H2,1-3H3. The maximum Gasteiger partial charge on any atom is 0.262 e. The molecule has 1 heterocycles. The fourth-order valence-corrected chi connectivity index (χ4v) is 3.43. The van der Waals surface area contributed by atoms with Gasteiger partial charge < -0.3 is 9.47 Å². The lowest BCUT2D eigenvalue weighted by molar-refractivity contribution is 0.264. The summed E-state index contributed by atoms with van der Waals surface area (Å²) in [6, 6.07) is 13.9. The van der Waals surface area contributed by atoms with Crippen molar-refractivity contribution in [1.82, 2.24) is 0 Å². The molecule has 0 saturated carbocycles. The molecule has 5 nitrogen and oxygen atoms in total. The first-order valence-electron chi connectivity index (χ1n) is 8.22. The maximum absolute atomic E-state index is 12.7. The molecule has 3 rings (SSSR count). The van der Waals surface area contributed by atoms with Crippen molar-refractivity contribution in [3.05, 3.63) is 54.1 Å². The Bertz CT molecular complexity index is 834. The van der Waals surface area contributed by atoms with E-state index in [2.05, 4.69) is 25.5 Å². The predicted molar refractivity (Wildman–Crippen MR) is 97.6 cm³/mol. The second-order valence-corrected chi connectivity index (χ2v) is 8.82. The molecule has 2 aromatic carbocycles. The summed E-state index contributed by atoms with van der Waals surface area (Å²) in [6.45, 7) is 7.37. The van der Waals surface area contributed by atoms with Crippen LogP contribution >= 0.6 is 0 Å². The van der Waals surface area contributed by atoms with Crippen LogP contribution in [-0.4, -0.2) is 27.7 Å². The third-order valence-electron chi connectivity index (χ3n) is 3.99. The smallest absolute Gasteiger partial charge is 0.262 e. The molecule has 0 aliphatic carbocycles. The zero-order chi connectivity index (χ0) is 18.1. The number of para-hydroxylation sites is 2. The number of rotatable bonds is 6. The van der Waals surface area contributed by atoms with Crippen LogP contribution in [0.25, 0.3) is 0 Å². The molecule has 0 aromatic heterocycles. The Balaban J connectivity index is 1.79. The van der Waals surface area contributed by atoms with Crippen LogP contribution in [0.2, 0.25) is 0 Å². The zero-order valence-corrected chi connectivity index (χ0v) is 15.5. The maximum atomic E-state index is 12.7. The fraction of sp³-hybridized carbons (Fsp3) is 0.368. The highest BCUT2D eigenvalue weighted by Gasteiger charge is 2.24. The quantitative estimate of drug-likeness (QED) is 0.799. The lowest BCUT2D eigenvalue weighted by atomic mass is 9.87. The highest BCUT2D eigenvalue weighted by atomic mass is 32.2. The summed E-state index contributed by atoms with van der Waals surface area (Å²) in [7, 11) is -3.68. The summed E-state index contributed by atoms with van der Waals surface area (Å²) >= 11 is 0. The first-order valence-corrected chi connectivity index (χ1v) is 9.71. The lowest BCUT2D eigenvalue weighted by Gasteiger charge is -2.19. The third-order valence-corrected chi connectivity index (χ3v) is 5.37. The molecule has 1 aliphatic rings. The predicted octanol–water partition coefficient (Wildman–Crippen LogP) is 3.56. The van der Waals surface area contributed by atoms with Crippen LogP contribution in [0.3, 0.4) is 0 Å². The molecular formula is C19H23NO4S. The van der Waals surface area contributed by atoms with Gasteiger partial charge in [-0.15, -0.1) is 0 Å². The Kier molecular flexibility index (Phi) is 4.75. The van der Waals surface area contributed by atoms with Crippen LogP contribution in [0.1, 0.15) is 26.3 Å². The number of ether oxygens (including phenoxy) is 2.